The van der Waals surface area contributed by atoms with Gasteiger partial charge in [-0.2, -0.15) is 0 Å². The SMILES string of the molecule is CC(NC(=O)c1ccc(Cl)cc1I)C1CCCO1. The largest absolute Gasteiger partial charge is 0.376 e. The molecule has 1 aromatic carbocycles. The van der Waals surface area contributed by atoms with E-state index < -0.39 is 0 Å². The third-order valence-electron chi connectivity index (χ3n) is 3.06. The summed E-state index contributed by atoms with van der Waals surface area (Å²) < 4.78 is 6.42. The summed E-state index contributed by atoms with van der Waals surface area (Å²) in [6.45, 7) is 2.78. The van der Waals surface area contributed by atoms with Crippen molar-refractivity contribution in [3.05, 3.63) is 32.4 Å². The maximum absolute atomic E-state index is 12.1. The fraction of sp³-hybridized carbons (Fsp3) is 0.462. The molecule has 0 bridgehead atoms. The van der Waals surface area contributed by atoms with Crippen molar-refractivity contribution in [3.8, 4) is 0 Å². The van der Waals surface area contributed by atoms with Gasteiger partial charge in [0.15, 0.2) is 0 Å². The number of benzene rings is 1. The van der Waals surface area contributed by atoms with Crippen molar-refractivity contribution >= 4 is 40.1 Å². The van der Waals surface area contributed by atoms with E-state index >= 15 is 0 Å². The van der Waals surface area contributed by atoms with Gasteiger partial charge >= 0.3 is 0 Å². The molecular formula is C13H15ClINO2. The molecule has 1 heterocycles. The number of halogens is 2. The van der Waals surface area contributed by atoms with Crippen molar-refractivity contribution < 1.29 is 9.53 Å². The van der Waals surface area contributed by atoms with Crippen molar-refractivity contribution in [3.63, 3.8) is 0 Å². The van der Waals surface area contributed by atoms with Gasteiger partial charge in [-0.05, 0) is 60.6 Å². The van der Waals surface area contributed by atoms with Gasteiger partial charge in [0.05, 0.1) is 17.7 Å². The molecule has 0 spiro atoms. The van der Waals surface area contributed by atoms with Crippen molar-refractivity contribution in [2.75, 3.05) is 6.61 Å². The van der Waals surface area contributed by atoms with Gasteiger partial charge in [0.25, 0.3) is 5.91 Å². The van der Waals surface area contributed by atoms with Crippen LogP contribution in [0, 0.1) is 3.57 Å². The van der Waals surface area contributed by atoms with Crippen LogP contribution >= 0.6 is 34.2 Å². The Bertz CT molecular complexity index is 447. The number of carbonyl (C=O) groups excluding carboxylic acids is 1. The van der Waals surface area contributed by atoms with Crippen LogP contribution < -0.4 is 5.32 Å². The monoisotopic (exact) mass is 379 g/mol. The van der Waals surface area contributed by atoms with Crippen LogP contribution in [0.1, 0.15) is 30.1 Å². The molecule has 1 saturated heterocycles. The Kier molecular flexibility index (Phi) is 4.86. The zero-order valence-electron chi connectivity index (χ0n) is 10.1. The molecular weight excluding hydrogens is 365 g/mol. The highest BCUT2D eigenvalue weighted by Gasteiger charge is 2.24. The lowest BCUT2D eigenvalue weighted by Gasteiger charge is -2.20. The number of hydrogen-bond acceptors (Lipinski definition) is 2. The second-order valence-corrected chi connectivity index (χ2v) is 6.04. The second-order valence-electron chi connectivity index (χ2n) is 4.44. The van der Waals surface area contributed by atoms with E-state index in [1.807, 2.05) is 6.92 Å². The summed E-state index contributed by atoms with van der Waals surface area (Å²) in [5.74, 6) is -0.0703. The molecule has 0 aliphatic carbocycles. The maximum atomic E-state index is 12.1. The van der Waals surface area contributed by atoms with Crippen LogP contribution in [0.3, 0.4) is 0 Å². The quantitative estimate of drug-likeness (QED) is 0.819. The average molecular weight is 380 g/mol. The van der Waals surface area contributed by atoms with Crippen LogP contribution in [0.25, 0.3) is 0 Å². The second kappa shape index (κ2) is 6.21. The van der Waals surface area contributed by atoms with Gasteiger partial charge < -0.3 is 10.1 Å². The van der Waals surface area contributed by atoms with E-state index in [0.717, 1.165) is 23.0 Å². The van der Waals surface area contributed by atoms with Crippen LogP contribution in [-0.4, -0.2) is 24.7 Å². The standard InChI is InChI=1S/C13H15ClINO2/c1-8(12-3-2-6-18-12)16-13(17)10-5-4-9(14)7-11(10)15/h4-5,7-8,12H,2-3,6H2,1H3,(H,16,17). The molecule has 2 rings (SSSR count). The molecule has 18 heavy (non-hydrogen) atoms. The van der Waals surface area contributed by atoms with Crippen LogP contribution in [0.2, 0.25) is 5.02 Å². The first kappa shape index (κ1) is 14.1. The summed E-state index contributed by atoms with van der Waals surface area (Å²) in [6.07, 6.45) is 2.22. The van der Waals surface area contributed by atoms with Crippen LogP contribution in [0.15, 0.2) is 18.2 Å². The van der Waals surface area contributed by atoms with E-state index in [9.17, 15) is 4.79 Å². The van der Waals surface area contributed by atoms with Gasteiger partial charge in [-0.15, -0.1) is 0 Å². The number of ether oxygens (including phenoxy) is 1. The molecule has 1 fully saturated rings. The summed E-state index contributed by atoms with van der Waals surface area (Å²) in [5.41, 5.74) is 0.657. The van der Waals surface area contributed by atoms with Gasteiger partial charge in [-0.25, -0.2) is 0 Å². The molecule has 5 heteroatoms. The number of nitrogens with one attached hydrogen (secondary N) is 1. The zero-order valence-corrected chi connectivity index (χ0v) is 13.0. The molecule has 0 saturated carbocycles. The summed E-state index contributed by atoms with van der Waals surface area (Å²) in [7, 11) is 0. The third kappa shape index (κ3) is 3.36. The van der Waals surface area contributed by atoms with E-state index in [-0.39, 0.29) is 18.1 Å². The van der Waals surface area contributed by atoms with E-state index in [2.05, 4.69) is 27.9 Å². The topological polar surface area (TPSA) is 38.3 Å². The molecule has 0 aromatic heterocycles. The molecule has 2 atom stereocenters. The molecule has 0 radical (unpaired) electrons. The lowest BCUT2D eigenvalue weighted by Crippen LogP contribution is -2.41. The van der Waals surface area contributed by atoms with Gasteiger partial charge in [0.2, 0.25) is 0 Å². The predicted molar refractivity (Wildman–Crippen MR) is 80.1 cm³/mol. The minimum Gasteiger partial charge on any atom is -0.376 e. The van der Waals surface area contributed by atoms with Crippen molar-refractivity contribution in [1.82, 2.24) is 5.32 Å². The predicted octanol–water partition coefficient (Wildman–Crippen LogP) is 3.24. The van der Waals surface area contributed by atoms with Crippen LogP contribution in [0.5, 0.6) is 0 Å². The first-order valence-corrected chi connectivity index (χ1v) is 7.41. The molecule has 1 N–H and O–H groups in total. The van der Waals surface area contributed by atoms with Gasteiger partial charge in [0, 0.05) is 15.2 Å². The van der Waals surface area contributed by atoms with E-state index in [4.69, 9.17) is 16.3 Å². The lowest BCUT2D eigenvalue weighted by molar-refractivity contribution is 0.0712. The highest BCUT2D eigenvalue weighted by Crippen LogP contribution is 2.19. The minimum absolute atomic E-state index is 0.0338. The summed E-state index contributed by atoms with van der Waals surface area (Å²) in [4.78, 5) is 12.1. The first-order chi connectivity index (χ1) is 8.58. The summed E-state index contributed by atoms with van der Waals surface area (Å²) in [6, 6.07) is 5.30. The molecule has 3 nitrogen and oxygen atoms in total. The van der Waals surface area contributed by atoms with Crippen molar-refractivity contribution in [2.45, 2.75) is 31.9 Å². The van der Waals surface area contributed by atoms with Crippen LogP contribution in [-0.2, 0) is 4.74 Å². The maximum Gasteiger partial charge on any atom is 0.252 e. The van der Waals surface area contributed by atoms with E-state index in [1.54, 1.807) is 18.2 Å². The first-order valence-electron chi connectivity index (χ1n) is 5.95. The average Bonchev–Trinajstić information content (AvgIpc) is 2.81. The molecule has 98 valence electrons. The Hall–Kier alpha value is -0.330. The number of hydrogen-bond donors (Lipinski definition) is 1. The Morgan fingerprint density at radius 1 is 1.61 bits per heavy atom. The lowest BCUT2D eigenvalue weighted by atomic mass is 10.1. The Labute approximate surface area is 125 Å². The van der Waals surface area contributed by atoms with E-state index in [1.165, 1.54) is 0 Å². The third-order valence-corrected chi connectivity index (χ3v) is 4.18. The molecule has 2 unspecified atom stereocenters. The normalized spacial score (nSPS) is 20.7. The Morgan fingerprint density at radius 3 is 3.00 bits per heavy atom. The Balaban J connectivity index is 2.02. The van der Waals surface area contributed by atoms with Gasteiger partial charge in [-0.3, -0.25) is 4.79 Å². The molecule has 1 amide bonds. The van der Waals surface area contributed by atoms with E-state index in [0.29, 0.717) is 10.6 Å². The number of amides is 1. The highest BCUT2D eigenvalue weighted by molar-refractivity contribution is 14.1. The molecule has 1 aliphatic rings. The zero-order chi connectivity index (χ0) is 13.1. The van der Waals surface area contributed by atoms with Gasteiger partial charge in [0.1, 0.15) is 0 Å². The van der Waals surface area contributed by atoms with Gasteiger partial charge in [-0.1, -0.05) is 11.6 Å². The summed E-state index contributed by atoms with van der Waals surface area (Å²) >= 11 is 7.99. The summed E-state index contributed by atoms with van der Waals surface area (Å²) in [5, 5.41) is 3.63. The highest BCUT2D eigenvalue weighted by atomic mass is 127. The fourth-order valence-electron chi connectivity index (χ4n) is 2.05. The smallest absolute Gasteiger partial charge is 0.252 e. The number of rotatable bonds is 3. The molecule has 1 aromatic rings. The molecule has 1 aliphatic heterocycles. The van der Waals surface area contributed by atoms with Crippen LogP contribution in [0.4, 0.5) is 0 Å². The van der Waals surface area contributed by atoms with Crippen molar-refractivity contribution in [1.29, 1.82) is 0 Å². The van der Waals surface area contributed by atoms with Crippen molar-refractivity contribution in [2.24, 2.45) is 0 Å². The fourth-order valence-corrected chi connectivity index (χ4v) is 3.16. The number of carbonyl (C=O) groups is 1. The minimum atomic E-state index is -0.0703. The Morgan fingerprint density at radius 2 is 2.39 bits per heavy atom.